The maximum absolute atomic E-state index is 14.1. The summed E-state index contributed by atoms with van der Waals surface area (Å²) < 4.78 is 19.1. The van der Waals surface area contributed by atoms with Crippen molar-refractivity contribution in [3.63, 3.8) is 0 Å². The van der Waals surface area contributed by atoms with Gasteiger partial charge in [0.05, 0.1) is 16.8 Å². The van der Waals surface area contributed by atoms with E-state index in [2.05, 4.69) is 5.32 Å². The van der Waals surface area contributed by atoms with E-state index in [1.54, 1.807) is 6.07 Å². The predicted octanol–water partition coefficient (Wildman–Crippen LogP) is 9.61. The molecule has 6 aromatic carbocycles. The van der Waals surface area contributed by atoms with Crippen LogP contribution in [0.1, 0.15) is 31.8 Å². The summed E-state index contributed by atoms with van der Waals surface area (Å²) >= 11 is 0. The SMILES string of the molecule is O=C1C=C(Oc2ccccc2)c2cc(Oc3ccccc3)c3c4c(cc(Nc5ccccc5)c1c24)C(Oc1ccccc1)=CC3=O. The molecule has 0 saturated carbocycles. The van der Waals surface area contributed by atoms with Gasteiger partial charge in [0, 0.05) is 39.7 Å². The van der Waals surface area contributed by atoms with E-state index >= 15 is 0 Å². The minimum atomic E-state index is -0.293. The largest absolute Gasteiger partial charge is 0.457 e. The quantitative estimate of drug-likeness (QED) is 0.188. The molecule has 0 saturated heterocycles. The van der Waals surface area contributed by atoms with Crippen molar-refractivity contribution < 1.29 is 23.8 Å². The number of para-hydroxylation sites is 4. The highest BCUT2D eigenvalue weighted by molar-refractivity contribution is 6.31. The van der Waals surface area contributed by atoms with Gasteiger partial charge >= 0.3 is 0 Å². The van der Waals surface area contributed by atoms with Crippen molar-refractivity contribution in [3.05, 3.63) is 168 Å². The maximum Gasteiger partial charge on any atom is 0.193 e. The number of ketones is 2. The molecular weight excluding hydrogens is 574 g/mol. The minimum absolute atomic E-state index is 0.251. The summed E-state index contributed by atoms with van der Waals surface area (Å²) in [4.78, 5) is 28.1. The monoisotopic (exact) mass is 599 g/mol. The molecule has 0 amide bonds. The van der Waals surface area contributed by atoms with Crippen LogP contribution in [-0.4, -0.2) is 11.6 Å². The highest BCUT2D eigenvalue weighted by Crippen LogP contribution is 2.49. The van der Waals surface area contributed by atoms with E-state index in [0.29, 0.717) is 73.2 Å². The number of carbonyl (C=O) groups excluding carboxylic acids is 2. The van der Waals surface area contributed by atoms with Crippen LogP contribution in [0.5, 0.6) is 23.0 Å². The summed E-state index contributed by atoms with van der Waals surface area (Å²) in [7, 11) is 0. The fourth-order valence-electron chi connectivity index (χ4n) is 5.91. The molecule has 0 atom stereocenters. The Kier molecular flexibility index (Phi) is 6.65. The Bertz CT molecular complexity index is 2050. The fraction of sp³-hybridized carbons (Fsp3) is 0. The Hall–Kier alpha value is -6.40. The van der Waals surface area contributed by atoms with E-state index in [1.165, 1.54) is 12.2 Å². The Morgan fingerprint density at radius 2 is 0.891 bits per heavy atom. The zero-order valence-electron chi connectivity index (χ0n) is 24.4. The van der Waals surface area contributed by atoms with Crippen LogP contribution in [0.15, 0.2) is 146 Å². The molecule has 46 heavy (non-hydrogen) atoms. The lowest BCUT2D eigenvalue weighted by Gasteiger charge is -2.28. The van der Waals surface area contributed by atoms with Crippen molar-refractivity contribution in [2.45, 2.75) is 0 Å². The van der Waals surface area contributed by atoms with Gasteiger partial charge in [-0.1, -0.05) is 72.8 Å². The first-order valence-corrected chi connectivity index (χ1v) is 14.8. The van der Waals surface area contributed by atoms with Gasteiger partial charge in [-0.2, -0.15) is 0 Å². The van der Waals surface area contributed by atoms with E-state index in [0.717, 1.165) is 5.69 Å². The number of ether oxygens (including phenoxy) is 3. The summed E-state index contributed by atoms with van der Waals surface area (Å²) in [5.41, 5.74) is 3.42. The number of hydrogen-bond donors (Lipinski definition) is 1. The van der Waals surface area contributed by atoms with Crippen molar-refractivity contribution in [3.8, 4) is 23.0 Å². The van der Waals surface area contributed by atoms with Crippen molar-refractivity contribution in [2.24, 2.45) is 0 Å². The van der Waals surface area contributed by atoms with Gasteiger partial charge in [-0.3, -0.25) is 9.59 Å². The molecule has 2 aliphatic rings. The van der Waals surface area contributed by atoms with Crippen LogP contribution in [0.3, 0.4) is 0 Å². The Labute approximate surface area is 264 Å². The van der Waals surface area contributed by atoms with Gasteiger partial charge in [-0.25, -0.2) is 0 Å². The smallest absolute Gasteiger partial charge is 0.193 e. The number of carbonyl (C=O) groups is 2. The highest BCUT2D eigenvalue weighted by Gasteiger charge is 2.35. The lowest BCUT2D eigenvalue weighted by atomic mass is 9.81. The highest BCUT2D eigenvalue weighted by atomic mass is 16.5. The molecule has 0 aromatic heterocycles. The number of allylic oxidation sites excluding steroid dienone is 2. The number of hydrogen-bond acceptors (Lipinski definition) is 6. The average Bonchev–Trinajstić information content (AvgIpc) is 3.08. The Balaban J connectivity index is 1.42. The van der Waals surface area contributed by atoms with Gasteiger partial charge in [-0.05, 0) is 60.7 Å². The van der Waals surface area contributed by atoms with Gasteiger partial charge < -0.3 is 19.5 Å². The topological polar surface area (TPSA) is 73.9 Å². The molecule has 0 aliphatic heterocycles. The average molecular weight is 600 g/mol. The van der Waals surface area contributed by atoms with Crippen molar-refractivity contribution in [1.29, 1.82) is 0 Å². The van der Waals surface area contributed by atoms with Gasteiger partial charge in [0.25, 0.3) is 0 Å². The molecule has 6 aromatic rings. The molecule has 0 spiro atoms. The summed E-state index contributed by atoms with van der Waals surface area (Å²) in [6, 6.07) is 41.2. The molecule has 2 aliphatic carbocycles. The van der Waals surface area contributed by atoms with Gasteiger partial charge in [0.15, 0.2) is 11.6 Å². The van der Waals surface area contributed by atoms with Crippen LogP contribution < -0.4 is 19.5 Å². The van der Waals surface area contributed by atoms with Gasteiger partial charge in [0.2, 0.25) is 0 Å². The van der Waals surface area contributed by atoms with Crippen LogP contribution in [0.4, 0.5) is 11.4 Å². The lowest BCUT2D eigenvalue weighted by Crippen LogP contribution is -2.17. The molecular formula is C40H25NO5. The van der Waals surface area contributed by atoms with Crippen LogP contribution in [0.2, 0.25) is 0 Å². The molecule has 0 radical (unpaired) electrons. The Morgan fingerprint density at radius 3 is 1.43 bits per heavy atom. The molecule has 0 bridgehead atoms. The van der Waals surface area contributed by atoms with Crippen LogP contribution in [0, 0.1) is 0 Å². The van der Waals surface area contributed by atoms with Crippen molar-refractivity contribution in [1.82, 2.24) is 0 Å². The molecule has 220 valence electrons. The van der Waals surface area contributed by atoms with Crippen LogP contribution in [0.25, 0.3) is 22.3 Å². The Morgan fingerprint density at radius 1 is 0.457 bits per heavy atom. The zero-order chi connectivity index (χ0) is 31.0. The summed E-state index contributed by atoms with van der Waals surface area (Å²) in [5, 5.41) is 4.60. The second kappa shape index (κ2) is 11.3. The van der Waals surface area contributed by atoms with Gasteiger partial charge in [-0.15, -0.1) is 0 Å². The van der Waals surface area contributed by atoms with E-state index in [4.69, 9.17) is 14.2 Å². The first-order chi connectivity index (χ1) is 22.6. The number of rotatable bonds is 8. The molecule has 6 heteroatoms. The van der Waals surface area contributed by atoms with Crippen LogP contribution in [-0.2, 0) is 0 Å². The summed E-state index contributed by atoms with van der Waals surface area (Å²) in [6.07, 6.45) is 2.98. The summed E-state index contributed by atoms with van der Waals surface area (Å²) in [6.45, 7) is 0. The molecule has 1 N–H and O–H groups in total. The van der Waals surface area contributed by atoms with E-state index in [1.807, 2.05) is 127 Å². The summed E-state index contributed by atoms with van der Waals surface area (Å²) in [5.74, 6) is 2.23. The lowest BCUT2D eigenvalue weighted by molar-refractivity contribution is 0.103. The molecule has 8 rings (SSSR count). The third-order valence-electron chi connectivity index (χ3n) is 7.88. The molecule has 0 heterocycles. The number of anilines is 2. The zero-order valence-corrected chi connectivity index (χ0v) is 24.4. The van der Waals surface area contributed by atoms with Crippen LogP contribution >= 0.6 is 0 Å². The fourth-order valence-corrected chi connectivity index (χ4v) is 5.91. The third-order valence-corrected chi connectivity index (χ3v) is 7.88. The van der Waals surface area contributed by atoms with Gasteiger partial charge in [0.1, 0.15) is 34.5 Å². The number of benzene rings is 6. The molecule has 0 fully saturated rings. The van der Waals surface area contributed by atoms with Crippen molar-refractivity contribution >= 4 is 45.2 Å². The van der Waals surface area contributed by atoms with E-state index < -0.39 is 0 Å². The molecule has 6 nitrogen and oxygen atoms in total. The third kappa shape index (κ3) is 4.88. The molecule has 0 unspecified atom stereocenters. The normalized spacial score (nSPS) is 13.1. The second-order valence-electron chi connectivity index (χ2n) is 10.9. The first kappa shape index (κ1) is 27.2. The maximum atomic E-state index is 14.1. The predicted molar refractivity (Wildman–Crippen MR) is 179 cm³/mol. The van der Waals surface area contributed by atoms with E-state index in [-0.39, 0.29) is 11.6 Å². The second-order valence-corrected chi connectivity index (χ2v) is 10.9. The standard InChI is InChI=1S/C40H25NO5/c42-32-23-35(45-27-17-9-3-10-18-27)30-22-36(46-28-19-11-4-12-20-28)40-33(43)24-34(44-26-15-7-2-8-16-26)29-21-31(39(32)37(30)38(29)40)41-25-13-5-1-6-14-25/h1-24,41H. The number of nitrogens with one attached hydrogen (secondary N) is 1. The first-order valence-electron chi connectivity index (χ1n) is 14.8. The van der Waals surface area contributed by atoms with E-state index in [9.17, 15) is 9.59 Å². The minimum Gasteiger partial charge on any atom is -0.457 e. The van der Waals surface area contributed by atoms with Crippen molar-refractivity contribution in [2.75, 3.05) is 5.32 Å².